The summed E-state index contributed by atoms with van der Waals surface area (Å²) in [6.45, 7) is 2.28. The topological polar surface area (TPSA) is 127 Å². The van der Waals surface area contributed by atoms with Crippen molar-refractivity contribution in [2.75, 3.05) is 17.7 Å². The Morgan fingerprint density at radius 3 is 2.87 bits per heavy atom. The molecule has 0 amide bonds. The summed E-state index contributed by atoms with van der Waals surface area (Å²) in [7, 11) is 1.50. The van der Waals surface area contributed by atoms with Crippen molar-refractivity contribution in [2.45, 2.75) is 26.3 Å². The molecular weight excluding hydrogens is 403 g/mol. The predicted molar refractivity (Wildman–Crippen MR) is 111 cm³/mol. The summed E-state index contributed by atoms with van der Waals surface area (Å²) in [6.07, 6.45) is 3.86. The summed E-state index contributed by atoms with van der Waals surface area (Å²) in [5.41, 5.74) is 2.20. The minimum absolute atomic E-state index is 0.361. The Kier molecular flexibility index (Phi) is 6.01. The molecule has 0 aliphatic carbocycles. The Bertz CT molecular complexity index is 1160. The van der Waals surface area contributed by atoms with Gasteiger partial charge in [0.05, 0.1) is 25.5 Å². The number of anilines is 3. The number of hydrogen-bond donors (Lipinski definition) is 3. The van der Waals surface area contributed by atoms with Gasteiger partial charge in [0.2, 0.25) is 11.8 Å². The quantitative estimate of drug-likeness (QED) is 0.371. The van der Waals surface area contributed by atoms with Crippen LogP contribution in [0.4, 0.5) is 22.0 Å². The summed E-state index contributed by atoms with van der Waals surface area (Å²) in [5.74, 6) is 2.33. The average molecular weight is 424 g/mol. The van der Waals surface area contributed by atoms with Crippen LogP contribution in [-0.4, -0.2) is 37.4 Å². The molecule has 0 aliphatic heterocycles. The van der Waals surface area contributed by atoms with Crippen LogP contribution >= 0.6 is 0 Å². The lowest BCUT2D eigenvalue weighted by molar-refractivity contribution is 0.384. The third-order valence-corrected chi connectivity index (χ3v) is 4.42. The smallest absolute Gasteiger partial charge is 0.224 e. The van der Waals surface area contributed by atoms with Crippen LogP contribution in [0.25, 0.3) is 0 Å². The number of nitrogens with one attached hydrogen (secondary N) is 3. The molecule has 0 aromatic carbocycles. The second-order valence-corrected chi connectivity index (χ2v) is 6.78. The van der Waals surface area contributed by atoms with Crippen LogP contribution in [0.15, 0.2) is 41.2 Å². The van der Waals surface area contributed by atoms with Crippen LogP contribution < -0.4 is 15.4 Å². The SMILES string of the molecule is COc1cc(CCc2cc(Nc3ccnc(NCc4cc(C)no4)n3)n[nH]2)c(F)cn1. The lowest BCUT2D eigenvalue weighted by Gasteiger charge is -2.05. The number of pyridine rings is 1. The highest BCUT2D eigenvalue weighted by molar-refractivity contribution is 5.53. The maximum absolute atomic E-state index is 13.9. The Hall–Kier alpha value is -4.02. The molecule has 0 radical (unpaired) electrons. The van der Waals surface area contributed by atoms with E-state index in [0.717, 1.165) is 11.4 Å². The van der Waals surface area contributed by atoms with Gasteiger partial charge in [0.1, 0.15) is 11.6 Å². The first-order valence-electron chi connectivity index (χ1n) is 9.58. The number of rotatable bonds is 9. The molecule has 10 nitrogen and oxygen atoms in total. The van der Waals surface area contributed by atoms with Crippen molar-refractivity contribution < 1.29 is 13.7 Å². The van der Waals surface area contributed by atoms with Gasteiger partial charge in [0.25, 0.3) is 0 Å². The molecule has 0 spiro atoms. The first kappa shape index (κ1) is 20.3. The van der Waals surface area contributed by atoms with Crippen molar-refractivity contribution >= 4 is 17.6 Å². The lowest BCUT2D eigenvalue weighted by Crippen LogP contribution is -2.04. The zero-order valence-corrected chi connectivity index (χ0v) is 17.0. The van der Waals surface area contributed by atoms with Crippen molar-refractivity contribution in [2.24, 2.45) is 0 Å². The highest BCUT2D eigenvalue weighted by atomic mass is 19.1. The van der Waals surface area contributed by atoms with Crippen LogP contribution in [0.2, 0.25) is 0 Å². The number of halogens is 1. The van der Waals surface area contributed by atoms with Crippen LogP contribution in [0.1, 0.15) is 22.7 Å². The number of aromatic nitrogens is 6. The van der Waals surface area contributed by atoms with Crippen LogP contribution in [-0.2, 0) is 19.4 Å². The first-order valence-corrected chi connectivity index (χ1v) is 9.58. The predicted octanol–water partition coefficient (Wildman–Crippen LogP) is 3.18. The van der Waals surface area contributed by atoms with Gasteiger partial charge < -0.3 is 19.9 Å². The van der Waals surface area contributed by atoms with Crippen molar-refractivity contribution in [1.29, 1.82) is 0 Å². The maximum Gasteiger partial charge on any atom is 0.224 e. The highest BCUT2D eigenvalue weighted by Crippen LogP contribution is 2.18. The van der Waals surface area contributed by atoms with Gasteiger partial charge in [-0.2, -0.15) is 10.1 Å². The molecule has 0 saturated carbocycles. The molecule has 31 heavy (non-hydrogen) atoms. The van der Waals surface area contributed by atoms with Crippen LogP contribution in [0, 0.1) is 12.7 Å². The van der Waals surface area contributed by atoms with E-state index in [-0.39, 0.29) is 5.82 Å². The zero-order valence-electron chi connectivity index (χ0n) is 17.0. The Morgan fingerprint density at radius 1 is 1.16 bits per heavy atom. The largest absolute Gasteiger partial charge is 0.481 e. The molecule has 11 heteroatoms. The zero-order chi connectivity index (χ0) is 21.6. The number of aromatic amines is 1. The molecule has 3 N–H and O–H groups in total. The maximum atomic E-state index is 13.9. The van der Waals surface area contributed by atoms with Gasteiger partial charge in [-0.25, -0.2) is 14.4 Å². The summed E-state index contributed by atoms with van der Waals surface area (Å²) in [4.78, 5) is 12.4. The fourth-order valence-corrected chi connectivity index (χ4v) is 2.90. The van der Waals surface area contributed by atoms with Crippen molar-refractivity contribution in [3.8, 4) is 5.88 Å². The Labute approximate surface area is 177 Å². The average Bonchev–Trinajstić information content (AvgIpc) is 3.40. The Balaban J connectivity index is 1.34. The summed E-state index contributed by atoms with van der Waals surface area (Å²) in [6, 6.07) is 7.02. The third kappa shape index (κ3) is 5.32. The number of ether oxygens (including phenoxy) is 1. The van der Waals surface area contributed by atoms with Gasteiger partial charge in [-0.1, -0.05) is 5.16 Å². The van der Waals surface area contributed by atoms with E-state index in [9.17, 15) is 4.39 Å². The fraction of sp³-hybridized carbons (Fsp3) is 0.250. The van der Waals surface area contributed by atoms with Gasteiger partial charge in [-0.05, 0) is 31.4 Å². The molecule has 4 heterocycles. The molecule has 4 aromatic rings. The highest BCUT2D eigenvalue weighted by Gasteiger charge is 2.09. The van der Waals surface area contributed by atoms with Crippen LogP contribution in [0.3, 0.4) is 0 Å². The monoisotopic (exact) mass is 424 g/mol. The minimum atomic E-state index is -0.361. The molecule has 0 aliphatic rings. The summed E-state index contributed by atoms with van der Waals surface area (Å²) < 4.78 is 24.1. The number of aryl methyl sites for hydroxylation is 3. The van der Waals surface area contributed by atoms with Gasteiger partial charge >= 0.3 is 0 Å². The molecule has 4 rings (SSSR count). The van der Waals surface area contributed by atoms with E-state index in [1.165, 1.54) is 13.3 Å². The number of methoxy groups -OCH3 is 1. The van der Waals surface area contributed by atoms with E-state index < -0.39 is 0 Å². The van der Waals surface area contributed by atoms with Crippen LogP contribution in [0.5, 0.6) is 5.88 Å². The summed E-state index contributed by atoms with van der Waals surface area (Å²) in [5, 5.41) is 17.2. The molecule has 0 saturated heterocycles. The number of H-pyrrole nitrogens is 1. The molecule has 0 unspecified atom stereocenters. The van der Waals surface area contributed by atoms with Crippen molar-refractivity contribution in [3.05, 3.63) is 65.2 Å². The molecule has 0 fully saturated rings. The normalized spacial score (nSPS) is 10.8. The molecule has 4 aromatic heterocycles. The van der Waals surface area contributed by atoms with Crippen molar-refractivity contribution in [3.63, 3.8) is 0 Å². The fourth-order valence-electron chi connectivity index (χ4n) is 2.90. The Morgan fingerprint density at radius 2 is 2.06 bits per heavy atom. The molecule has 0 atom stereocenters. The van der Waals surface area contributed by atoms with Gasteiger partial charge in [0.15, 0.2) is 11.6 Å². The third-order valence-electron chi connectivity index (χ3n) is 4.42. The minimum Gasteiger partial charge on any atom is -0.481 e. The summed E-state index contributed by atoms with van der Waals surface area (Å²) >= 11 is 0. The number of hydrogen-bond acceptors (Lipinski definition) is 9. The molecular formula is C20H21FN8O2. The van der Waals surface area contributed by atoms with Gasteiger partial charge in [-0.3, -0.25) is 5.10 Å². The van der Waals surface area contributed by atoms with Gasteiger partial charge in [0, 0.05) is 30.1 Å². The van der Waals surface area contributed by atoms with E-state index in [1.807, 2.05) is 19.1 Å². The van der Waals surface area contributed by atoms with E-state index >= 15 is 0 Å². The second-order valence-electron chi connectivity index (χ2n) is 6.78. The number of nitrogens with zero attached hydrogens (tertiary/aromatic N) is 5. The van der Waals surface area contributed by atoms with Crippen molar-refractivity contribution in [1.82, 2.24) is 30.3 Å². The molecule has 0 bridgehead atoms. The lowest BCUT2D eigenvalue weighted by atomic mass is 10.1. The van der Waals surface area contributed by atoms with E-state index in [1.54, 1.807) is 18.3 Å². The van der Waals surface area contributed by atoms with Gasteiger partial charge in [-0.15, -0.1) is 0 Å². The van der Waals surface area contributed by atoms with E-state index in [4.69, 9.17) is 9.26 Å². The van der Waals surface area contributed by atoms with E-state index in [2.05, 4.69) is 40.9 Å². The molecule has 160 valence electrons. The second kappa shape index (κ2) is 9.20. The van der Waals surface area contributed by atoms with E-state index in [0.29, 0.717) is 54.2 Å². The first-order chi connectivity index (χ1) is 15.1. The standard InChI is InChI=1S/C20H21FN8O2/c1-12-7-15(31-29-12)10-24-20-22-6-5-17(26-20)25-18-9-14(27-28-18)4-3-13-8-19(30-2)23-11-16(13)21/h5-9,11H,3-4,10H2,1-2H3,(H3,22,24,25,26,27,28).